The van der Waals surface area contributed by atoms with E-state index in [1.54, 1.807) is 18.2 Å². The monoisotopic (exact) mass is 302 g/mol. The molecule has 0 aliphatic heterocycles. The molecule has 0 atom stereocenters. The number of hydrogen-bond acceptors (Lipinski definition) is 5. The third-order valence-corrected chi connectivity index (χ3v) is 3.08. The number of nitrogens with one attached hydrogen (secondary N) is 1. The van der Waals surface area contributed by atoms with Gasteiger partial charge in [0.25, 0.3) is 5.69 Å². The lowest BCUT2D eigenvalue weighted by molar-refractivity contribution is -0.384. The molecular weight excluding hydrogens is 284 g/mol. The lowest BCUT2D eigenvalue weighted by atomic mass is 10.0. The minimum Gasteiger partial charge on any atom is -0.465 e. The van der Waals surface area contributed by atoms with Gasteiger partial charge >= 0.3 is 5.97 Å². The number of hydrogen-bond donors (Lipinski definition) is 1. The smallest absolute Gasteiger partial charge is 0.337 e. The SMILES string of the molecule is COC(=O)c1cc(NC(C)(C)C)c2cc([N+](=O)[O-])ccc2c1. The number of nitro groups is 1. The minimum absolute atomic E-state index is 0.00952. The third-order valence-electron chi connectivity index (χ3n) is 3.08. The molecule has 6 heteroatoms. The molecule has 2 aromatic rings. The predicted molar refractivity (Wildman–Crippen MR) is 85.3 cm³/mol. The molecule has 0 radical (unpaired) electrons. The fraction of sp³-hybridized carbons (Fsp3) is 0.312. The molecule has 2 aromatic carbocycles. The van der Waals surface area contributed by atoms with Crippen molar-refractivity contribution in [1.82, 2.24) is 0 Å². The standard InChI is InChI=1S/C16H18N2O4/c1-16(2,3)17-14-8-11(15(19)22-4)7-10-5-6-12(18(20)21)9-13(10)14/h5-9,17H,1-4H3. The zero-order valence-electron chi connectivity index (χ0n) is 13.0. The van der Waals surface area contributed by atoms with Crippen molar-refractivity contribution in [3.8, 4) is 0 Å². The van der Waals surface area contributed by atoms with Crippen LogP contribution in [0.1, 0.15) is 31.1 Å². The predicted octanol–water partition coefficient (Wildman–Crippen LogP) is 3.75. The van der Waals surface area contributed by atoms with Gasteiger partial charge < -0.3 is 10.1 Å². The molecule has 0 unspecified atom stereocenters. The zero-order valence-corrected chi connectivity index (χ0v) is 13.0. The normalized spacial score (nSPS) is 11.3. The fourth-order valence-corrected chi connectivity index (χ4v) is 2.20. The molecule has 22 heavy (non-hydrogen) atoms. The number of esters is 1. The summed E-state index contributed by atoms with van der Waals surface area (Å²) in [6.45, 7) is 5.92. The molecule has 0 aromatic heterocycles. The summed E-state index contributed by atoms with van der Waals surface area (Å²) >= 11 is 0. The maximum atomic E-state index is 11.8. The van der Waals surface area contributed by atoms with Gasteiger partial charge in [-0.2, -0.15) is 0 Å². The molecule has 0 spiro atoms. The molecule has 0 amide bonds. The van der Waals surface area contributed by atoms with E-state index in [-0.39, 0.29) is 11.2 Å². The molecule has 0 fully saturated rings. The van der Waals surface area contributed by atoms with Crippen LogP contribution in [0.2, 0.25) is 0 Å². The van der Waals surface area contributed by atoms with Gasteiger partial charge in [-0.05, 0) is 44.4 Å². The zero-order chi connectivity index (χ0) is 16.5. The van der Waals surface area contributed by atoms with Crippen molar-refractivity contribution in [2.75, 3.05) is 12.4 Å². The summed E-state index contributed by atoms with van der Waals surface area (Å²) < 4.78 is 4.76. The molecule has 0 bridgehead atoms. The number of carbonyl (C=O) groups excluding carboxylic acids is 1. The summed E-state index contributed by atoms with van der Waals surface area (Å²) in [6, 6.07) is 7.88. The van der Waals surface area contributed by atoms with E-state index in [1.165, 1.54) is 19.2 Å². The Morgan fingerprint density at radius 1 is 1.23 bits per heavy atom. The topological polar surface area (TPSA) is 81.5 Å². The first-order valence-corrected chi connectivity index (χ1v) is 6.80. The Balaban J connectivity index is 2.70. The highest BCUT2D eigenvalue weighted by atomic mass is 16.6. The number of methoxy groups -OCH3 is 1. The number of benzene rings is 2. The van der Waals surface area contributed by atoms with Crippen LogP contribution in [-0.4, -0.2) is 23.5 Å². The van der Waals surface area contributed by atoms with E-state index in [2.05, 4.69) is 5.32 Å². The highest BCUT2D eigenvalue weighted by Crippen LogP contribution is 2.31. The van der Waals surface area contributed by atoms with Gasteiger partial charge in [-0.25, -0.2) is 4.79 Å². The number of anilines is 1. The number of rotatable bonds is 3. The van der Waals surface area contributed by atoms with Crippen molar-refractivity contribution in [2.45, 2.75) is 26.3 Å². The number of nitro benzene ring substituents is 1. The van der Waals surface area contributed by atoms with Gasteiger partial charge in [0, 0.05) is 28.7 Å². The largest absolute Gasteiger partial charge is 0.465 e. The van der Waals surface area contributed by atoms with Crippen LogP contribution >= 0.6 is 0 Å². The van der Waals surface area contributed by atoms with Crippen LogP contribution in [0.15, 0.2) is 30.3 Å². The summed E-state index contributed by atoms with van der Waals surface area (Å²) in [4.78, 5) is 22.3. The molecule has 0 aliphatic carbocycles. The second-order valence-electron chi connectivity index (χ2n) is 6.05. The van der Waals surface area contributed by atoms with Crippen LogP contribution in [0.5, 0.6) is 0 Å². The van der Waals surface area contributed by atoms with Crippen molar-refractivity contribution >= 4 is 28.1 Å². The fourth-order valence-electron chi connectivity index (χ4n) is 2.20. The van der Waals surface area contributed by atoms with Crippen LogP contribution in [0, 0.1) is 10.1 Å². The van der Waals surface area contributed by atoms with Gasteiger partial charge in [0.2, 0.25) is 0 Å². The maximum absolute atomic E-state index is 11.8. The highest BCUT2D eigenvalue weighted by Gasteiger charge is 2.17. The molecule has 1 N–H and O–H groups in total. The average Bonchev–Trinajstić information content (AvgIpc) is 2.44. The van der Waals surface area contributed by atoms with Crippen LogP contribution in [0.25, 0.3) is 10.8 Å². The van der Waals surface area contributed by atoms with E-state index in [0.29, 0.717) is 16.6 Å². The minimum atomic E-state index is -0.447. The average molecular weight is 302 g/mol. The quantitative estimate of drug-likeness (QED) is 0.530. The van der Waals surface area contributed by atoms with Gasteiger partial charge in [0.15, 0.2) is 0 Å². The van der Waals surface area contributed by atoms with E-state index in [9.17, 15) is 14.9 Å². The Kier molecular flexibility index (Phi) is 4.03. The summed E-state index contributed by atoms with van der Waals surface area (Å²) in [5, 5.41) is 15.7. The molecule has 0 saturated carbocycles. The third kappa shape index (κ3) is 3.33. The Hall–Kier alpha value is -2.63. The maximum Gasteiger partial charge on any atom is 0.337 e. The van der Waals surface area contributed by atoms with E-state index >= 15 is 0 Å². The summed E-state index contributed by atoms with van der Waals surface area (Å²) in [7, 11) is 1.32. The van der Waals surface area contributed by atoms with Crippen LogP contribution < -0.4 is 5.32 Å². The lowest BCUT2D eigenvalue weighted by Gasteiger charge is -2.23. The second kappa shape index (κ2) is 5.63. The molecule has 2 rings (SSSR count). The first-order valence-electron chi connectivity index (χ1n) is 6.80. The van der Waals surface area contributed by atoms with Crippen molar-refractivity contribution < 1.29 is 14.5 Å². The summed E-state index contributed by atoms with van der Waals surface area (Å²) in [6.07, 6.45) is 0. The first-order chi connectivity index (χ1) is 10.2. The number of carbonyl (C=O) groups is 1. The van der Waals surface area contributed by atoms with Crippen LogP contribution in [-0.2, 0) is 4.74 Å². The van der Waals surface area contributed by atoms with Crippen molar-refractivity contribution in [1.29, 1.82) is 0 Å². The van der Waals surface area contributed by atoms with Crippen molar-refractivity contribution in [3.05, 3.63) is 46.0 Å². The molecule has 6 nitrogen and oxygen atoms in total. The van der Waals surface area contributed by atoms with Gasteiger partial charge in [-0.3, -0.25) is 10.1 Å². The summed E-state index contributed by atoms with van der Waals surface area (Å²) in [5.74, 6) is -0.447. The van der Waals surface area contributed by atoms with Crippen molar-refractivity contribution in [2.24, 2.45) is 0 Å². The number of fused-ring (bicyclic) bond motifs is 1. The molecule has 0 aliphatic rings. The second-order valence-corrected chi connectivity index (χ2v) is 6.05. The van der Waals surface area contributed by atoms with E-state index in [1.807, 2.05) is 20.8 Å². The highest BCUT2D eigenvalue weighted by molar-refractivity contribution is 6.02. The first kappa shape index (κ1) is 15.8. The number of ether oxygens (including phenoxy) is 1. The molecule has 0 heterocycles. The van der Waals surface area contributed by atoms with E-state index < -0.39 is 10.9 Å². The van der Waals surface area contributed by atoms with Gasteiger partial charge in [-0.1, -0.05) is 0 Å². The van der Waals surface area contributed by atoms with Crippen molar-refractivity contribution in [3.63, 3.8) is 0 Å². The molecule has 116 valence electrons. The Bertz CT molecular complexity index is 748. The van der Waals surface area contributed by atoms with Crippen LogP contribution in [0.3, 0.4) is 0 Å². The van der Waals surface area contributed by atoms with Gasteiger partial charge in [-0.15, -0.1) is 0 Å². The Morgan fingerprint density at radius 2 is 1.91 bits per heavy atom. The lowest BCUT2D eigenvalue weighted by Crippen LogP contribution is -2.26. The van der Waals surface area contributed by atoms with Gasteiger partial charge in [0.1, 0.15) is 0 Å². The van der Waals surface area contributed by atoms with E-state index in [0.717, 1.165) is 5.39 Å². The summed E-state index contributed by atoms with van der Waals surface area (Å²) in [5.41, 5.74) is 0.812. The van der Waals surface area contributed by atoms with Gasteiger partial charge in [0.05, 0.1) is 17.6 Å². The Morgan fingerprint density at radius 3 is 2.45 bits per heavy atom. The molecule has 0 saturated heterocycles. The number of nitrogens with zero attached hydrogens (tertiary/aromatic N) is 1. The Labute approximate surface area is 128 Å². The number of non-ortho nitro benzene ring substituents is 1. The van der Waals surface area contributed by atoms with Crippen LogP contribution in [0.4, 0.5) is 11.4 Å². The molecular formula is C16H18N2O4. The van der Waals surface area contributed by atoms with E-state index in [4.69, 9.17) is 4.74 Å².